The normalized spacial score (nSPS) is 11.4. The van der Waals surface area contributed by atoms with Gasteiger partial charge < -0.3 is 192 Å². The number of unbranched alkanes of at least 4 members (excludes halogenated alkanes) is 1. The van der Waals surface area contributed by atoms with Crippen molar-refractivity contribution in [1.82, 2.24) is 26.6 Å². The van der Waals surface area contributed by atoms with Crippen molar-refractivity contribution < 1.29 is 216 Å². The van der Waals surface area contributed by atoms with Crippen molar-refractivity contribution in [2.75, 3.05) is 58.9 Å². The fraction of sp³-hybridized carbons (Fsp3) is 0.724. The number of hydrogen-bond acceptors (Lipinski definition) is 27. The molecule has 0 saturated carbocycles. The van der Waals surface area contributed by atoms with Crippen molar-refractivity contribution in [2.24, 2.45) is 68.8 Å². The number of carbonyl (C=O) groups excluding carboxylic acids is 6. The van der Waals surface area contributed by atoms with Crippen LogP contribution in [0.25, 0.3) is 45.9 Å². The van der Waals surface area contributed by atoms with Crippen LogP contribution in [0.2, 0.25) is 0 Å². The van der Waals surface area contributed by atoms with Gasteiger partial charge in [0.15, 0.2) is 0 Å². The van der Waals surface area contributed by atoms with Crippen LogP contribution in [0.4, 0.5) is 24.0 Å². The third kappa shape index (κ3) is 169. The Labute approximate surface area is 738 Å². The Morgan fingerprint density at radius 1 is 0.286 bits per heavy atom. The number of carboxylic acids is 10. The van der Waals surface area contributed by atoms with Gasteiger partial charge in [0.2, 0.25) is 5.91 Å². The van der Waals surface area contributed by atoms with E-state index in [4.69, 9.17) is 185 Å². The van der Waals surface area contributed by atoms with Gasteiger partial charge in [-0.15, -0.1) is 0 Å². The Morgan fingerprint density at radius 2 is 0.420 bits per heavy atom. The van der Waals surface area contributed by atoms with Gasteiger partial charge in [0.05, 0.1) is 0 Å². The van der Waals surface area contributed by atoms with Gasteiger partial charge in [-0.25, -0.2) is 46.1 Å². The van der Waals surface area contributed by atoms with Crippen LogP contribution >= 0.6 is 0 Å². The second kappa shape index (κ2) is 118. The summed E-state index contributed by atoms with van der Waals surface area (Å²) in [4.78, 5) is 161. The Balaban J connectivity index is -0.0000000587. The van der Waals surface area contributed by atoms with Crippen molar-refractivity contribution >= 4 is 95.8 Å². The molecule has 11 amide bonds. The number of carbonyl (C=O) groups is 16. The molecule has 61 heteroatoms. The van der Waals surface area contributed by atoms with Crippen molar-refractivity contribution in [3.63, 3.8) is 0 Å². The van der Waals surface area contributed by atoms with E-state index in [1.165, 1.54) is 6.92 Å². The van der Waals surface area contributed by atoms with Crippen molar-refractivity contribution in [2.45, 2.75) is 209 Å². The fourth-order valence-corrected chi connectivity index (χ4v) is 5.60. The molecule has 0 aromatic carbocycles. The molecule has 0 aromatic heterocycles. The number of aliphatic carboxylic acids is 10. The predicted octanol–water partition coefficient (Wildman–Crippen LogP) is 0.672. The molecule has 10 unspecified atom stereocenters. The summed E-state index contributed by atoms with van der Waals surface area (Å²) < 4.78 is 7.81. The van der Waals surface area contributed by atoms with Crippen LogP contribution in [0.3, 0.4) is 0 Å². The molecule has 0 bridgehead atoms. The second-order valence-corrected chi connectivity index (χ2v) is 21.6. The molecule has 0 rings (SSSR count). The molecule has 51 N–H and O–H groups in total. The van der Waals surface area contributed by atoms with Crippen LogP contribution in [-0.2, 0) is 141 Å². The zero-order valence-electron chi connectivity index (χ0n) is 65.3. The molecule has 4 radical (unpaired) electrons. The maximum absolute atomic E-state index is 10.4. The first-order valence-corrected chi connectivity index (χ1v) is 34.0. The first-order chi connectivity index (χ1) is 53.3. The fourth-order valence-electron chi connectivity index (χ4n) is 5.60. The van der Waals surface area contributed by atoms with Crippen LogP contribution in [-0.4, -0.2) is 266 Å². The number of nitrogens with two attached hydrogens (primary N) is 12. The summed E-state index contributed by atoms with van der Waals surface area (Å²) >= 11 is 2.94. The summed E-state index contributed by atoms with van der Waals surface area (Å²) in [6, 6.07) is -13.3. The van der Waals surface area contributed by atoms with Crippen molar-refractivity contribution in [3.05, 3.63) is 45.9 Å². The third-order valence-electron chi connectivity index (χ3n) is 11.6. The van der Waals surface area contributed by atoms with Gasteiger partial charge >= 0.3 is 130 Å². The van der Waals surface area contributed by atoms with Gasteiger partial charge in [-0.3, -0.25) is 52.7 Å². The summed E-state index contributed by atoms with van der Waals surface area (Å²) in [5.41, 5.74) is 134. The molecule has 119 heavy (non-hydrogen) atoms. The summed E-state index contributed by atoms with van der Waals surface area (Å²) in [5, 5.41) is 94.3. The summed E-state index contributed by atoms with van der Waals surface area (Å²) in [7, 11) is 0. The van der Waals surface area contributed by atoms with Gasteiger partial charge in [-0.1, -0.05) is 71.1 Å². The standard InChI is InChI=1S/C7H14N2O3.4C6H12N3O3.C6H13NO2.4C5H11N2O2.CH4N2O.5Cu.2H2N2.O/c1-5(10)9-4-2-3-6(8)7(11)12;4*7-4(5(10)11)2-1-3-9-6(8)12;1-2-3-4-5(7)6(8)9;4*6-3-1-2-4(7)5(8)9;2-1(3)4;;;;;;2*1-2;/h6H,2-4,8H2,1H3,(H,9,10)(H,11,12);4*4,7H,1-3H2,(H,10,11)(H3,8,9,12);5H,2-4,7H2,1H3,(H,8,9);4*4,7H,1-3,6H2,(H,8,9);(H4,2,3,4);;;;;;2*1-2H;/q;4*-1;;4*-1;;;4*+2;;;. The van der Waals surface area contributed by atoms with Gasteiger partial charge in [0, 0.05) is 39.6 Å². The van der Waals surface area contributed by atoms with Gasteiger partial charge in [0.25, 0.3) is 47.8 Å². The quantitative estimate of drug-likeness (QED) is 0.0226. The molecule has 0 aliphatic rings. The van der Waals surface area contributed by atoms with E-state index in [9.17, 15) is 71.9 Å². The Morgan fingerprint density at radius 3 is 0.538 bits per heavy atom. The van der Waals surface area contributed by atoms with Crippen molar-refractivity contribution in [3.8, 4) is 0 Å². The molecular weight excluding hydrogens is 1850 g/mol. The van der Waals surface area contributed by atoms with Crippen molar-refractivity contribution in [1.29, 1.82) is 22.1 Å². The predicted molar refractivity (Wildman–Crippen MR) is 410 cm³/mol. The van der Waals surface area contributed by atoms with Crippen LogP contribution < -0.4 is 95.4 Å². The maximum atomic E-state index is 10.4. The Hall–Kier alpha value is -8.44. The van der Waals surface area contributed by atoms with Gasteiger partial charge in [-0.05, 0) is 145 Å². The summed E-state index contributed by atoms with van der Waals surface area (Å²) in [6.07, 6.45) is 9.98. The van der Waals surface area contributed by atoms with E-state index in [-0.39, 0.29) is 99.9 Å². The number of primary amides is 6. The van der Waals surface area contributed by atoms with Crippen LogP contribution in [0.5, 0.6) is 0 Å². The first-order valence-electron chi connectivity index (χ1n) is 33.7. The van der Waals surface area contributed by atoms with E-state index in [1.807, 2.05) is 6.92 Å². The van der Waals surface area contributed by atoms with E-state index in [0.29, 0.717) is 155 Å². The molecule has 10 atom stereocenters. The number of rotatable bonds is 45. The van der Waals surface area contributed by atoms with E-state index in [2.05, 4.69) is 54.0 Å². The number of nitrogens with one attached hydrogen (secondary N) is 17. The molecule has 0 aliphatic heterocycles. The minimum absolute atomic E-state index is 0. The molecule has 0 aliphatic carbocycles. The van der Waals surface area contributed by atoms with E-state index < -0.39 is 150 Å². The number of hydrogen-bond donors (Lipinski definition) is 31. The molecule has 0 aromatic rings. The Bertz CT molecular complexity index is 2180. The topological polar surface area (TPSA) is 1150 Å². The number of carboxylic acid groups (broad SMARTS) is 10. The van der Waals surface area contributed by atoms with E-state index in [1.54, 1.807) is 0 Å². The zero-order chi connectivity index (χ0) is 93.8. The summed E-state index contributed by atoms with van der Waals surface area (Å²) in [5.74, 6) is -10.9. The molecule has 0 heterocycles. The zero-order valence-corrected chi connectivity index (χ0v) is 70.0. The summed E-state index contributed by atoms with van der Waals surface area (Å²) in [6.45, 7) is 7.02. The Kier molecular flexibility index (Phi) is 154. The number of amides is 11. The average Bonchev–Trinajstić information content (AvgIpc) is 1.03. The van der Waals surface area contributed by atoms with Gasteiger partial charge in [-0.2, -0.15) is 0 Å². The molecule has 721 valence electrons. The van der Waals surface area contributed by atoms with E-state index in [0.717, 1.165) is 12.8 Å². The van der Waals surface area contributed by atoms with Crippen LogP contribution in [0, 0.1) is 22.1 Å². The third-order valence-corrected chi connectivity index (χ3v) is 11.6. The monoisotopic (exact) mass is 1980 g/mol. The van der Waals surface area contributed by atoms with Crippen LogP contribution in [0.15, 0.2) is 0 Å². The first kappa shape index (κ1) is 155. The van der Waals surface area contributed by atoms with Gasteiger partial charge in [0.1, 0.15) is 12.1 Å². The second-order valence-electron chi connectivity index (χ2n) is 21.6. The SMILES string of the molecule is CC(=O)NCCCC(N)C(=O)O.CCCCC(N)C(=O)O.N=N.N=N.NC(N)=O.[Cu+2].[Cu+2].[Cu+2].[Cu+2].[NH-]C(CCCN)C(=O)O.[NH-]C(CCCN)C(=O)O.[NH-]C(CCCN)C(=O)O.[NH-]C(CCCN)C(=O)O.[NH-]C(CCCNC(N)=O)C(=O)O.[NH-]C(CCCNC(N)=O)C(=O)O.[NH-]C(CCCNC(N)=O)C(=O)O.[NH-]C(CCCNC(N)=O)C(=O)O.[O]=[Cu]. The van der Waals surface area contributed by atoms with E-state index >= 15 is 0 Å². The minimum atomic E-state index is -1.14. The van der Waals surface area contributed by atoms with Crippen LogP contribution in [0.1, 0.15) is 149 Å². The molecule has 56 nitrogen and oxygen atoms in total. The number of urea groups is 5. The molecular formula is C58H127Cu5N29O27. The average molecular weight is 1980 g/mol. The molecule has 0 fully saturated rings. The molecule has 0 spiro atoms. The molecule has 0 saturated heterocycles.